The fourth-order valence-electron chi connectivity index (χ4n) is 6.98. The van der Waals surface area contributed by atoms with Crippen LogP contribution in [-0.2, 0) is 14.4 Å². The average Bonchev–Trinajstić information content (AvgIpc) is 3.58. The highest BCUT2D eigenvalue weighted by Crippen LogP contribution is 2.68. The van der Waals surface area contributed by atoms with Gasteiger partial charge in [-0.05, 0) is 66.9 Å². The zero-order valence-corrected chi connectivity index (χ0v) is 25.9. The number of likely N-dealkylation sites (tertiary alicyclic amines) is 1. The highest BCUT2D eigenvalue weighted by atomic mass is 79.9. The Bertz CT molecular complexity index is 1520. The third-order valence-corrected chi connectivity index (χ3v) is 12.0. The number of amides is 3. The summed E-state index contributed by atoms with van der Waals surface area (Å²) in [6, 6.07) is 19.4. The zero-order chi connectivity index (χ0) is 29.6. The molecule has 3 unspecified atom stereocenters. The number of nitrogens with one attached hydrogen (secondary N) is 2. The van der Waals surface area contributed by atoms with Gasteiger partial charge < -0.3 is 25.4 Å². The third-order valence-electron chi connectivity index (χ3n) is 8.80. The fraction of sp³-hybridized carbons (Fsp3) is 0.406. The molecule has 3 aliphatic rings. The van der Waals surface area contributed by atoms with Crippen LogP contribution in [0, 0.1) is 11.8 Å². The van der Waals surface area contributed by atoms with Crippen LogP contribution in [0.3, 0.4) is 0 Å². The molecule has 2 bridgehead atoms. The quantitative estimate of drug-likeness (QED) is 0.280. The number of halogens is 1. The first-order valence-corrected chi connectivity index (χ1v) is 16.2. The minimum Gasteiger partial charge on any atom is -0.494 e. The van der Waals surface area contributed by atoms with E-state index >= 15 is 0 Å². The first-order valence-electron chi connectivity index (χ1n) is 14.4. The summed E-state index contributed by atoms with van der Waals surface area (Å²) in [5, 5.41) is 18.3. The lowest BCUT2D eigenvalue weighted by atomic mass is 9.70. The topological polar surface area (TPSA) is 108 Å². The van der Waals surface area contributed by atoms with E-state index in [0.717, 1.165) is 10.8 Å². The monoisotopic (exact) mass is 651 g/mol. The number of fused-ring (bicyclic) bond motifs is 2. The molecule has 1 spiro atoms. The van der Waals surface area contributed by atoms with Gasteiger partial charge in [-0.1, -0.05) is 53.2 Å². The third kappa shape index (κ3) is 4.77. The number of nitrogens with zero attached hydrogens (tertiary/aromatic N) is 1. The number of anilines is 2. The molecule has 0 aliphatic carbocycles. The fourth-order valence-corrected chi connectivity index (χ4v) is 10.6. The molecule has 7 atom stereocenters. The second kappa shape index (κ2) is 11.5. The van der Waals surface area contributed by atoms with Crippen LogP contribution in [0.5, 0.6) is 5.75 Å². The van der Waals surface area contributed by atoms with Crippen molar-refractivity contribution in [2.45, 2.75) is 53.6 Å². The maximum atomic E-state index is 14.3. The van der Waals surface area contributed by atoms with E-state index < -0.39 is 28.7 Å². The molecule has 3 fully saturated rings. The Labute approximate surface area is 257 Å². The van der Waals surface area contributed by atoms with Gasteiger partial charge in [-0.25, -0.2) is 0 Å². The standard InChI is InChI=1S/C32H34BrN3O5S/c1-3-22(17-37)36-28(30(39)35-21-10-9-18-7-5-6-8-19(18)15-21)32-16-24(33)27(42-32)25(26(32)31(36)40)29(38)34-20-11-13-23(14-12-20)41-4-2/h5-15,22,24-28,37H,3-4,16-17H2,1-2H3,(H,34,38)(H,35,39)/t22-,24?,25+,26-,27+,28?,32?/m0/s1. The van der Waals surface area contributed by atoms with Gasteiger partial charge in [-0.3, -0.25) is 14.4 Å². The minimum absolute atomic E-state index is 0.0484. The van der Waals surface area contributed by atoms with E-state index in [1.807, 2.05) is 56.3 Å². The van der Waals surface area contributed by atoms with E-state index in [1.165, 1.54) is 0 Å². The second-order valence-corrected chi connectivity index (χ2v) is 13.9. The molecule has 3 amide bonds. The molecule has 10 heteroatoms. The Balaban J connectivity index is 1.33. The molecule has 3 aromatic carbocycles. The Hall–Kier alpha value is -3.08. The summed E-state index contributed by atoms with van der Waals surface area (Å²) in [5.74, 6) is -1.39. The van der Waals surface area contributed by atoms with Crippen molar-refractivity contribution in [1.29, 1.82) is 0 Å². The van der Waals surface area contributed by atoms with E-state index in [2.05, 4.69) is 26.6 Å². The summed E-state index contributed by atoms with van der Waals surface area (Å²) in [7, 11) is 0. The summed E-state index contributed by atoms with van der Waals surface area (Å²) >= 11 is 5.38. The van der Waals surface area contributed by atoms with Crippen molar-refractivity contribution in [2.24, 2.45) is 11.8 Å². The molecule has 6 rings (SSSR count). The van der Waals surface area contributed by atoms with Crippen molar-refractivity contribution in [3.63, 3.8) is 0 Å². The molecule has 0 saturated carbocycles. The predicted molar refractivity (Wildman–Crippen MR) is 169 cm³/mol. The van der Waals surface area contributed by atoms with Gasteiger partial charge in [0.15, 0.2) is 0 Å². The number of alkyl halides is 1. The Morgan fingerprint density at radius 1 is 1.05 bits per heavy atom. The number of aliphatic hydroxyl groups is 1. The molecule has 3 heterocycles. The number of hydrogen-bond acceptors (Lipinski definition) is 6. The van der Waals surface area contributed by atoms with Crippen LogP contribution < -0.4 is 15.4 Å². The molecule has 3 aromatic rings. The number of thioether (sulfide) groups is 1. The zero-order valence-electron chi connectivity index (χ0n) is 23.5. The van der Waals surface area contributed by atoms with Gasteiger partial charge in [0.1, 0.15) is 11.8 Å². The van der Waals surface area contributed by atoms with E-state index in [1.54, 1.807) is 40.9 Å². The van der Waals surface area contributed by atoms with Crippen LogP contribution in [-0.4, -0.2) is 67.8 Å². The Morgan fingerprint density at radius 2 is 1.74 bits per heavy atom. The summed E-state index contributed by atoms with van der Waals surface area (Å²) < 4.78 is 4.71. The van der Waals surface area contributed by atoms with Gasteiger partial charge in [0.05, 0.1) is 35.8 Å². The van der Waals surface area contributed by atoms with Crippen LogP contribution in [0.25, 0.3) is 10.8 Å². The molecule has 8 nitrogen and oxygen atoms in total. The second-order valence-electron chi connectivity index (χ2n) is 11.2. The summed E-state index contributed by atoms with van der Waals surface area (Å²) in [4.78, 5) is 43.9. The normalized spacial score (nSPS) is 28.5. The number of aliphatic hydroxyl groups excluding tert-OH is 1. The van der Waals surface area contributed by atoms with Crippen LogP contribution in [0.15, 0.2) is 66.7 Å². The van der Waals surface area contributed by atoms with E-state index in [9.17, 15) is 19.5 Å². The van der Waals surface area contributed by atoms with Crippen LogP contribution >= 0.6 is 27.7 Å². The number of carbonyl (C=O) groups is 3. The van der Waals surface area contributed by atoms with E-state index in [0.29, 0.717) is 36.6 Å². The van der Waals surface area contributed by atoms with Crippen molar-refractivity contribution < 1.29 is 24.2 Å². The molecule has 3 saturated heterocycles. The van der Waals surface area contributed by atoms with Crippen molar-refractivity contribution in [3.8, 4) is 5.75 Å². The SMILES string of the molecule is CCOc1ccc(NC(=O)[C@H]2[C@@H]3SC4(CC3Br)C(C(=O)Nc3ccc5ccccc5c3)N([C@@H](CC)CO)C(=O)[C@H]24)cc1. The lowest BCUT2D eigenvalue weighted by Crippen LogP contribution is -2.55. The molecule has 220 valence electrons. The molecule has 42 heavy (non-hydrogen) atoms. The smallest absolute Gasteiger partial charge is 0.248 e. The summed E-state index contributed by atoms with van der Waals surface area (Å²) in [5.41, 5.74) is 1.26. The van der Waals surface area contributed by atoms with Crippen molar-refractivity contribution in [3.05, 3.63) is 66.7 Å². The first-order chi connectivity index (χ1) is 20.3. The molecule has 3 aliphatic heterocycles. The molecular weight excluding hydrogens is 618 g/mol. The summed E-state index contributed by atoms with van der Waals surface area (Å²) in [6.07, 6.45) is 1.05. The van der Waals surface area contributed by atoms with Crippen LogP contribution in [0.1, 0.15) is 26.7 Å². The maximum Gasteiger partial charge on any atom is 0.248 e. The highest BCUT2D eigenvalue weighted by molar-refractivity contribution is 9.09. The number of hydrogen-bond donors (Lipinski definition) is 3. The Morgan fingerprint density at radius 3 is 2.43 bits per heavy atom. The van der Waals surface area contributed by atoms with Crippen LogP contribution in [0.4, 0.5) is 11.4 Å². The predicted octanol–water partition coefficient (Wildman–Crippen LogP) is 5.05. The van der Waals surface area contributed by atoms with Crippen molar-refractivity contribution in [1.82, 2.24) is 4.90 Å². The number of ether oxygens (including phenoxy) is 1. The highest BCUT2D eigenvalue weighted by Gasteiger charge is 2.76. The first kappa shape index (κ1) is 29.0. The van der Waals surface area contributed by atoms with E-state index in [4.69, 9.17) is 4.74 Å². The largest absolute Gasteiger partial charge is 0.494 e. The van der Waals surface area contributed by atoms with Crippen molar-refractivity contribution >= 4 is 67.6 Å². The van der Waals surface area contributed by atoms with Gasteiger partial charge >= 0.3 is 0 Å². The maximum absolute atomic E-state index is 14.3. The number of carbonyl (C=O) groups excluding carboxylic acids is 3. The van der Waals surface area contributed by atoms with Gasteiger partial charge in [-0.15, -0.1) is 11.8 Å². The van der Waals surface area contributed by atoms with Gasteiger partial charge in [-0.2, -0.15) is 0 Å². The molecular formula is C32H34BrN3O5S. The van der Waals surface area contributed by atoms with Gasteiger partial charge in [0, 0.05) is 21.5 Å². The van der Waals surface area contributed by atoms with E-state index in [-0.39, 0.29) is 34.4 Å². The minimum atomic E-state index is -0.836. The summed E-state index contributed by atoms with van der Waals surface area (Å²) in [6.45, 7) is 4.09. The molecule has 3 N–H and O–H groups in total. The number of rotatable bonds is 9. The van der Waals surface area contributed by atoms with Crippen LogP contribution in [0.2, 0.25) is 0 Å². The number of benzene rings is 3. The van der Waals surface area contributed by atoms with Gasteiger partial charge in [0.2, 0.25) is 17.7 Å². The average molecular weight is 653 g/mol. The van der Waals surface area contributed by atoms with Gasteiger partial charge in [0.25, 0.3) is 0 Å². The Kier molecular flexibility index (Phi) is 7.97. The molecule has 0 radical (unpaired) electrons. The molecule has 0 aromatic heterocycles. The van der Waals surface area contributed by atoms with Crippen molar-refractivity contribution in [2.75, 3.05) is 23.8 Å². The lowest BCUT2D eigenvalue weighted by Gasteiger charge is -2.37. The lowest BCUT2D eigenvalue weighted by molar-refractivity contribution is -0.141.